The van der Waals surface area contributed by atoms with E-state index in [1.54, 1.807) is 25.1 Å². The second-order valence-corrected chi connectivity index (χ2v) is 8.01. The number of hydrogen-bond donors (Lipinski definition) is 1. The molecule has 0 radical (unpaired) electrons. The third kappa shape index (κ3) is 4.34. The van der Waals surface area contributed by atoms with Gasteiger partial charge in [0.2, 0.25) is 0 Å². The Morgan fingerprint density at radius 1 is 1.10 bits per heavy atom. The van der Waals surface area contributed by atoms with Gasteiger partial charge in [-0.25, -0.2) is 8.42 Å². The van der Waals surface area contributed by atoms with E-state index >= 15 is 0 Å². The van der Waals surface area contributed by atoms with E-state index in [4.69, 9.17) is 0 Å². The Bertz CT molecular complexity index is 1120. The first kappa shape index (κ1) is 20.7. The minimum Gasteiger partial charge on any atom is -0.261 e. The lowest BCUT2D eigenvalue weighted by Gasteiger charge is -2.12. The number of allylic oxidation sites excluding steroid dienone is 1. The summed E-state index contributed by atoms with van der Waals surface area (Å²) in [4.78, 5) is -0.0818. The molecular formula is C20H18F3N3O2S. The highest BCUT2D eigenvalue weighted by Gasteiger charge is 2.41. The van der Waals surface area contributed by atoms with Crippen molar-refractivity contribution in [1.29, 1.82) is 0 Å². The van der Waals surface area contributed by atoms with Crippen LogP contribution >= 0.6 is 0 Å². The van der Waals surface area contributed by atoms with Gasteiger partial charge in [0.25, 0.3) is 10.0 Å². The normalized spacial score (nSPS) is 12.0. The monoisotopic (exact) mass is 421 g/mol. The summed E-state index contributed by atoms with van der Waals surface area (Å²) in [6.07, 6.45) is -3.50. The number of hydrogen-bond acceptors (Lipinski definition) is 3. The molecule has 3 rings (SSSR count). The van der Waals surface area contributed by atoms with E-state index in [0.717, 1.165) is 5.56 Å². The van der Waals surface area contributed by atoms with Gasteiger partial charge in [0.1, 0.15) is 0 Å². The molecule has 5 nitrogen and oxygen atoms in total. The topological polar surface area (TPSA) is 64.0 Å². The molecule has 0 amide bonds. The van der Waals surface area contributed by atoms with Crippen molar-refractivity contribution in [2.75, 3.05) is 4.72 Å². The summed E-state index contributed by atoms with van der Waals surface area (Å²) >= 11 is 0. The molecular weight excluding hydrogens is 403 g/mol. The Hall–Kier alpha value is -3.07. The minimum absolute atomic E-state index is 0.0818. The van der Waals surface area contributed by atoms with Gasteiger partial charge in [0.05, 0.1) is 17.0 Å². The van der Waals surface area contributed by atoms with Gasteiger partial charge in [-0.15, -0.1) is 6.58 Å². The summed E-state index contributed by atoms with van der Waals surface area (Å²) in [5.41, 5.74) is -0.331. The maximum absolute atomic E-state index is 13.9. The first-order valence-corrected chi connectivity index (χ1v) is 10.1. The van der Waals surface area contributed by atoms with E-state index < -0.39 is 27.7 Å². The first-order valence-electron chi connectivity index (χ1n) is 8.57. The lowest BCUT2D eigenvalue weighted by Crippen LogP contribution is -2.15. The van der Waals surface area contributed by atoms with Crippen LogP contribution in [-0.4, -0.2) is 18.2 Å². The Kier molecular flexibility index (Phi) is 5.52. The number of sulfonamides is 1. The van der Waals surface area contributed by atoms with Crippen LogP contribution in [0, 0.1) is 6.92 Å². The van der Waals surface area contributed by atoms with Crippen LogP contribution in [0.1, 0.15) is 11.3 Å². The predicted octanol–water partition coefficient (Wildman–Crippen LogP) is 4.86. The number of benzene rings is 2. The van der Waals surface area contributed by atoms with Gasteiger partial charge in [-0.3, -0.25) is 9.40 Å². The number of nitrogens with zero attached hydrogens (tertiary/aromatic N) is 2. The zero-order valence-electron chi connectivity index (χ0n) is 15.4. The largest absolute Gasteiger partial charge is 0.433 e. The van der Waals surface area contributed by atoms with E-state index in [0.29, 0.717) is 4.68 Å². The van der Waals surface area contributed by atoms with Crippen molar-refractivity contribution >= 4 is 15.8 Å². The highest BCUT2D eigenvalue weighted by atomic mass is 32.2. The van der Waals surface area contributed by atoms with Crippen molar-refractivity contribution in [3.8, 4) is 11.1 Å². The summed E-state index contributed by atoms with van der Waals surface area (Å²) in [5, 5.41) is 3.91. The molecule has 2 aromatic carbocycles. The molecule has 1 aromatic heterocycles. The minimum atomic E-state index is -4.76. The molecule has 0 atom stereocenters. The van der Waals surface area contributed by atoms with Crippen LogP contribution in [-0.2, 0) is 22.7 Å². The van der Waals surface area contributed by atoms with Crippen molar-refractivity contribution in [1.82, 2.24) is 9.78 Å². The molecule has 0 bridgehead atoms. The SMILES string of the molecule is C=CCn1nc(NS(=O)(=O)c2ccccc2)c(-c2ccc(C)cc2)c1C(F)(F)F. The fourth-order valence-electron chi connectivity index (χ4n) is 2.86. The molecule has 1 heterocycles. The van der Waals surface area contributed by atoms with E-state index in [-0.39, 0.29) is 22.6 Å². The number of alkyl halides is 3. The summed E-state index contributed by atoms with van der Waals surface area (Å²) in [6, 6.07) is 13.7. The molecule has 0 aliphatic rings. The van der Waals surface area contributed by atoms with E-state index in [1.165, 1.54) is 42.5 Å². The quantitative estimate of drug-likeness (QED) is 0.578. The van der Waals surface area contributed by atoms with Crippen LogP contribution in [0.4, 0.5) is 19.0 Å². The molecule has 3 aromatic rings. The maximum atomic E-state index is 13.9. The molecule has 0 saturated heterocycles. The summed E-state index contributed by atoms with van der Waals surface area (Å²) in [5.74, 6) is -0.396. The molecule has 0 saturated carbocycles. The highest BCUT2D eigenvalue weighted by molar-refractivity contribution is 7.92. The molecule has 0 aliphatic heterocycles. The van der Waals surface area contributed by atoms with Crippen LogP contribution < -0.4 is 4.72 Å². The van der Waals surface area contributed by atoms with Crippen molar-refractivity contribution in [3.63, 3.8) is 0 Å². The molecule has 0 aliphatic carbocycles. The molecule has 9 heteroatoms. The number of anilines is 1. The smallest absolute Gasteiger partial charge is 0.261 e. The van der Waals surface area contributed by atoms with Crippen LogP contribution in [0.15, 0.2) is 72.1 Å². The third-order valence-corrected chi connectivity index (χ3v) is 5.50. The van der Waals surface area contributed by atoms with Gasteiger partial charge in [-0.1, -0.05) is 54.1 Å². The van der Waals surface area contributed by atoms with Gasteiger partial charge < -0.3 is 0 Å². The van der Waals surface area contributed by atoms with Gasteiger partial charge >= 0.3 is 6.18 Å². The average Bonchev–Trinajstić information content (AvgIpc) is 3.01. The lowest BCUT2D eigenvalue weighted by molar-refractivity contribution is -0.143. The van der Waals surface area contributed by atoms with Crippen LogP contribution in [0.3, 0.4) is 0 Å². The van der Waals surface area contributed by atoms with Crippen molar-refractivity contribution in [3.05, 3.63) is 78.5 Å². The number of nitrogens with one attached hydrogen (secondary N) is 1. The zero-order valence-corrected chi connectivity index (χ0v) is 16.3. The van der Waals surface area contributed by atoms with Crippen molar-refractivity contribution < 1.29 is 21.6 Å². The van der Waals surface area contributed by atoms with Gasteiger partial charge in [-0.2, -0.15) is 18.3 Å². The van der Waals surface area contributed by atoms with E-state index in [1.807, 2.05) is 0 Å². The zero-order chi connectivity index (χ0) is 21.2. The second-order valence-electron chi connectivity index (χ2n) is 6.33. The van der Waals surface area contributed by atoms with Crippen LogP contribution in [0.2, 0.25) is 0 Å². The fraction of sp³-hybridized carbons (Fsp3) is 0.150. The molecule has 0 fully saturated rings. The molecule has 0 unspecified atom stereocenters. The second kappa shape index (κ2) is 7.75. The van der Waals surface area contributed by atoms with Gasteiger partial charge in [-0.05, 0) is 24.6 Å². The first-order chi connectivity index (χ1) is 13.6. The maximum Gasteiger partial charge on any atom is 0.433 e. The molecule has 1 N–H and O–H groups in total. The molecule has 152 valence electrons. The molecule has 29 heavy (non-hydrogen) atoms. The summed E-state index contributed by atoms with van der Waals surface area (Å²) < 4.78 is 70.0. The standard InChI is InChI=1S/C20H18F3N3O2S/c1-3-13-26-18(20(21,22)23)17(15-11-9-14(2)10-12-15)19(24-26)25-29(27,28)16-7-5-4-6-8-16/h3-12H,1,13H2,2H3,(H,24,25). The van der Waals surface area contributed by atoms with Crippen LogP contribution in [0.5, 0.6) is 0 Å². The van der Waals surface area contributed by atoms with Crippen LogP contribution in [0.25, 0.3) is 11.1 Å². The number of halogens is 3. The average molecular weight is 421 g/mol. The van der Waals surface area contributed by atoms with Crippen molar-refractivity contribution in [2.45, 2.75) is 24.5 Å². The summed E-state index contributed by atoms with van der Waals surface area (Å²) in [7, 11) is -4.13. The third-order valence-electron chi connectivity index (χ3n) is 4.15. The Morgan fingerprint density at radius 2 is 1.72 bits per heavy atom. The number of aromatic nitrogens is 2. The number of aryl methyl sites for hydroxylation is 1. The summed E-state index contributed by atoms with van der Waals surface area (Å²) in [6.45, 7) is 5.02. The van der Waals surface area contributed by atoms with Gasteiger partial charge in [0.15, 0.2) is 11.5 Å². The number of rotatable bonds is 6. The Morgan fingerprint density at radius 3 is 2.28 bits per heavy atom. The van der Waals surface area contributed by atoms with E-state index in [2.05, 4.69) is 16.4 Å². The fourth-order valence-corrected chi connectivity index (χ4v) is 3.89. The van der Waals surface area contributed by atoms with Gasteiger partial charge in [0, 0.05) is 0 Å². The Balaban J connectivity index is 2.23. The van der Waals surface area contributed by atoms with E-state index in [9.17, 15) is 21.6 Å². The lowest BCUT2D eigenvalue weighted by atomic mass is 10.0. The highest BCUT2D eigenvalue weighted by Crippen LogP contribution is 2.42. The van der Waals surface area contributed by atoms with Crippen molar-refractivity contribution in [2.24, 2.45) is 0 Å². The molecule has 0 spiro atoms. The predicted molar refractivity (Wildman–Crippen MR) is 105 cm³/mol. The Labute approximate surface area is 166 Å².